The Hall–Kier alpha value is -3.80. The van der Waals surface area contributed by atoms with Crippen molar-refractivity contribution in [2.75, 3.05) is 19.2 Å². The molecule has 0 aromatic heterocycles. The number of ether oxygens (including phenoxy) is 2. The van der Waals surface area contributed by atoms with E-state index in [2.05, 4.69) is 36.5 Å². The summed E-state index contributed by atoms with van der Waals surface area (Å²) >= 11 is 0. The molecule has 0 atom stereocenters. The number of anilines is 1. The number of benzene rings is 3. The fourth-order valence-corrected chi connectivity index (χ4v) is 5.85. The van der Waals surface area contributed by atoms with Gasteiger partial charge >= 0.3 is 0 Å². The van der Waals surface area contributed by atoms with E-state index in [1.807, 2.05) is 48.3 Å². The van der Waals surface area contributed by atoms with Crippen LogP contribution in [-0.4, -0.2) is 30.6 Å². The summed E-state index contributed by atoms with van der Waals surface area (Å²) in [5.74, 6) is 1.90. The van der Waals surface area contributed by atoms with Gasteiger partial charge in [-0.15, -0.1) is 0 Å². The topological polar surface area (TPSA) is 67.9 Å². The van der Waals surface area contributed by atoms with Gasteiger partial charge in [0.2, 0.25) is 18.6 Å². The van der Waals surface area contributed by atoms with Crippen molar-refractivity contribution < 1.29 is 20.5 Å². The summed E-state index contributed by atoms with van der Waals surface area (Å²) < 4.78 is 11.0. The molecule has 3 aromatic rings. The monoisotopic (exact) mass is 512 g/mol. The summed E-state index contributed by atoms with van der Waals surface area (Å²) in [6.07, 6.45) is 6.00. The molecule has 3 aromatic carbocycles. The molecule has 38 heavy (non-hydrogen) atoms. The molecule has 3 aliphatic rings. The lowest BCUT2D eigenvalue weighted by molar-refractivity contribution is -0.134. The van der Waals surface area contributed by atoms with Crippen LogP contribution in [0.15, 0.2) is 60.7 Å². The molecule has 1 N–H and O–H groups in total. The second-order valence-electron chi connectivity index (χ2n) is 11.0. The van der Waals surface area contributed by atoms with Crippen molar-refractivity contribution in [2.24, 2.45) is 5.92 Å². The van der Waals surface area contributed by atoms with Crippen LogP contribution in [0.1, 0.15) is 56.6 Å². The molecule has 6 nitrogen and oxygen atoms in total. The number of amides is 2. The number of fused-ring (bicyclic) bond motifs is 1. The van der Waals surface area contributed by atoms with Crippen molar-refractivity contribution >= 4 is 17.5 Å². The molecule has 1 heterocycles. The van der Waals surface area contributed by atoms with Gasteiger partial charge < -0.3 is 19.7 Å². The summed E-state index contributed by atoms with van der Waals surface area (Å²) in [5.41, 5.74) is 5.66. The van der Waals surface area contributed by atoms with Crippen LogP contribution in [-0.2, 0) is 21.5 Å². The van der Waals surface area contributed by atoms with E-state index < -0.39 is 5.41 Å². The van der Waals surface area contributed by atoms with Crippen LogP contribution < -0.4 is 14.8 Å². The molecule has 6 rings (SSSR count). The summed E-state index contributed by atoms with van der Waals surface area (Å²) in [6.45, 7) is 2.92. The van der Waals surface area contributed by atoms with Crippen LogP contribution >= 0.6 is 0 Å². The van der Waals surface area contributed by atoms with Crippen LogP contribution in [0.25, 0.3) is 11.1 Å². The Morgan fingerprint density at radius 3 is 2.45 bits per heavy atom. The van der Waals surface area contributed by atoms with E-state index in [9.17, 15) is 9.59 Å². The van der Waals surface area contributed by atoms with E-state index in [-0.39, 0.29) is 26.0 Å². The minimum Gasteiger partial charge on any atom is -0.454 e. The van der Waals surface area contributed by atoms with Gasteiger partial charge in [-0.2, -0.15) is 0 Å². The highest BCUT2D eigenvalue weighted by atomic mass is 16.7. The van der Waals surface area contributed by atoms with E-state index in [4.69, 9.17) is 9.47 Å². The first-order chi connectivity index (χ1) is 18.4. The maximum atomic E-state index is 13.4. The molecule has 2 aliphatic carbocycles. The number of carbonyl (C=O) groups excluding carboxylic acids is 2. The van der Waals surface area contributed by atoms with Crippen molar-refractivity contribution in [1.82, 2.24) is 4.90 Å². The first kappa shape index (κ1) is 24.5. The van der Waals surface area contributed by atoms with Crippen LogP contribution in [0, 0.1) is 12.8 Å². The molecule has 0 unspecified atom stereocenters. The molecular formula is C32H36N2O4. The van der Waals surface area contributed by atoms with Gasteiger partial charge in [0, 0.05) is 26.6 Å². The van der Waals surface area contributed by atoms with E-state index in [1.165, 1.54) is 0 Å². The highest BCUT2D eigenvalue weighted by Gasteiger charge is 2.51. The van der Waals surface area contributed by atoms with Crippen LogP contribution in [0.5, 0.6) is 11.5 Å². The van der Waals surface area contributed by atoms with Crippen molar-refractivity contribution in [2.45, 2.75) is 57.4 Å². The Morgan fingerprint density at radius 1 is 0.974 bits per heavy atom. The number of hydrogen-bond acceptors (Lipinski definition) is 4. The molecule has 198 valence electrons. The second kappa shape index (κ2) is 9.82. The Balaban J connectivity index is 0.00000308. The molecule has 0 bridgehead atoms. The molecule has 2 fully saturated rings. The van der Waals surface area contributed by atoms with Gasteiger partial charge in [0.25, 0.3) is 0 Å². The van der Waals surface area contributed by atoms with E-state index in [0.717, 1.165) is 77.8 Å². The Labute approximate surface area is 225 Å². The van der Waals surface area contributed by atoms with E-state index in [0.29, 0.717) is 12.3 Å². The fourth-order valence-electron chi connectivity index (χ4n) is 5.85. The summed E-state index contributed by atoms with van der Waals surface area (Å²) in [5, 5.41) is 3.17. The highest BCUT2D eigenvalue weighted by molar-refractivity contribution is 6.02. The number of aryl methyl sites for hydroxylation is 1. The number of hydrogen-bond donors (Lipinski definition) is 1. The normalized spacial score (nSPS) is 17.3. The standard InChI is InChI=1S/C32H34N2O4.H2/c1-21-7-13-26(33-31(36)32(15-16-32)25-12-14-28-29(17-25)38-20-37-28)18-27(21)23-10-8-22(9-11-23)19-34(2)30(35)24-5-3-4-6-24;/h7-14,17-18,24H,3-6,15-16,19-20H2,1-2H3,(H,33,36);1H. The highest BCUT2D eigenvalue weighted by Crippen LogP contribution is 2.51. The summed E-state index contributed by atoms with van der Waals surface area (Å²) in [7, 11) is 1.90. The van der Waals surface area contributed by atoms with Gasteiger partial charge in [-0.3, -0.25) is 9.59 Å². The van der Waals surface area contributed by atoms with E-state index in [1.54, 1.807) is 0 Å². The van der Waals surface area contributed by atoms with Gasteiger partial charge in [-0.1, -0.05) is 49.2 Å². The quantitative estimate of drug-likeness (QED) is 0.395. The van der Waals surface area contributed by atoms with Gasteiger partial charge in [0.15, 0.2) is 11.5 Å². The Bertz CT molecular complexity index is 1380. The molecule has 2 saturated carbocycles. The molecule has 0 saturated heterocycles. The first-order valence-electron chi connectivity index (χ1n) is 13.6. The molecule has 6 heteroatoms. The number of carbonyl (C=O) groups is 2. The van der Waals surface area contributed by atoms with Gasteiger partial charge in [0.1, 0.15) is 0 Å². The maximum absolute atomic E-state index is 13.4. The van der Waals surface area contributed by atoms with Crippen molar-refractivity contribution in [3.8, 4) is 22.6 Å². The van der Waals surface area contributed by atoms with Crippen LogP contribution in [0.3, 0.4) is 0 Å². The van der Waals surface area contributed by atoms with Crippen molar-refractivity contribution in [1.29, 1.82) is 0 Å². The third kappa shape index (κ3) is 4.64. The van der Waals surface area contributed by atoms with Gasteiger partial charge in [0.05, 0.1) is 5.41 Å². The minimum atomic E-state index is -0.518. The molecule has 0 radical (unpaired) electrons. The smallest absolute Gasteiger partial charge is 0.235 e. The zero-order chi connectivity index (χ0) is 26.3. The molecule has 0 spiro atoms. The third-order valence-electron chi connectivity index (χ3n) is 8.37. The predicted octanol–water partition coefficient (Wildman–Crippen LogP) is 6.46. The minimum absolute atomic E-state index is 0. The lowest BCUT2D eigenvalue weighted by Gasteiger charge is -2.21. The van der Waals surface area contributed by atoms with Crippen molar-refractivity contribution in [3.05, 3.63) is 77.4 Å². The van der Waals surface area contributed by atoms with Crippen LogP contribution in [0.2, 0.25) is 0 Å². The molecule has 1 aliphatic heterocycles. The van der Waals surface area contributed by atoms with Crippen molar-refractivity contribution in [3.63, 3.8) is 0 Å². The fraction of sp³-hybridized carbons (Fsp3) is 0.375. The van der Waals surface area contributed by atoms with Crippen LogP contribution in [0.4, 0.5) is 5.69 Å². The average molecular weight is 513 g/mol. The van der Waals surface area contributed by atoms with Gasteiger partial charge in [-0.05, 0) is 84.7 Å². The largest absolute Gasteiger partial charge is 0.454 e. The van der Waals surface area contributed by atoms with Gasteiger partial charge in [-0.25, -0.2) is 0 Å². The zero-order valence-corrected chi connectivity index (χ0v) is 22.1. The first-order valence-corrected chi connectivity index (χ1v) is 13.6. The lowest BCUT2D eigenvalue weighted by Crippen LogP contribution is -2.31. The SMILES string of the molecule is Cc1ccc(NC(=O)C2(c3ccc4c(c3)OCO4)CC2)cc1-c1ccc(CN(C)C(=O)C2CCCC2)cc1.[HH]. The predicted molar refractivity (Wildman–Crippen MR) is 149 cm³/mol. The third-order valence-corrected chi connectivity index (χ3v) is 8.37. The summed E-state index contributed by atoms with van der Waals surface area (Å²) in [6, 6.07) is 20.3. The Morgan fingerprint density at radius 2 is 1.71 bits per heavy atom. The second-order valence-corrected chi connectivity index (χ2v) is 11.0. The Kier molecular flexibility index (Phi) is 6.34. The molecule has 2 amide bonds. The molecular weight excluding hydrogens is 476 g/mol. The number of nitrogens with zero attached hydrogens (tertiary/aromatic N) is 1. The lowest BCUT2D eigenvalue weighted by atomic mass is 9.94. The summed E-state index contributed by atoms with van der Waals surface area (Å²) in [4.78, 5) is 28.0. The average Bonchev–Trinajstić information content (AvgIpc) is 3.32. The number of rotatable bonds is 7. The number of nitrogens with one attached hydrogen (secondary N) is 1. The maximum Gasteiger partial charge on any atom is 0.235 e. The van der Waals surface area contributed by atoms with E-state index >= 15 is 0 Å². The zero-order valence-electron chi connectivity index (χ0n) is 22.1.